The third-order valence-corrected chi connectivity index (χ3v) is 2.73. The average molecular weight is 238 g/mol. The lowest BCUT2D eigenvalue weighted by molar-refractivity contribution is -0.143. The van der Waals surface area contributed by atoms with Crippen LogP contribution in [0.15, 0.2) is 24.3 Å². The molecule has 0 spiro atoms. The van der Waals surface area contributed by atoms with Crippen LogP contribution in [-0.4, -0.2) is 30.9 Å². The molecular weight excluding hydrogens is 220 g/mol. The zero-order valence-corrected chi connectivity index (χ0v) is 10.4. The lowest BCUT2D eigenvalue weighted by Crippen LogP contribution is -2.33. The quantitative estimate of drug-likeness (QED) is 0.824. The molecule has 0 bridgehead atoms. The molecule has 0 saturated heterocycles. The van der Waals surface area contributed by atoms with E-state index >= 15 is 0 Å². The number of ether oxygens (including phenoxy) is 2. The molecule has 0 radical (unpaired) electrons. The maximum atomic E-state index is 10.8. The summed E-state index contributed by atoms with van der Waals surface area (Å²) in [5, 5.41) is 8.85. The summed E-state index contributed by atoms with van der Waals surface area (Å²) in [6.07, 6.45) is 0.508. The second-order valence-electron chi connectivity index (χ2n) is 4.25. The van der Waals surface area contributed by atoms with E-state index in [4.69, 9.17) is 14.6 Å². The van der Waals surface area contributed by atoms with E-state index in [1.807, 2.05) is 24.3 Å². The first-order valence-electron chi connectivity index (χ1n) is 5.39. The van der Waals surface area contributed by atoms with Crippen LogP contribution in [0.25, 0.3) is 0 Å². The first-order valence-corrected chi connectivity index (χ1v) is 5.39. The fraction of sp³-hybridized carbons (Fsp3) is 0.462. The van der Waals surface area contributed by atoms with Crippen molar-refractivity contribution in [2.24, 2.45) is 0 Å². The van der Waals surface area contributed by atoms with Gasteiger partial charge in [-0.2, -0.15) is 0 Å². The summed E-state index contributed by atoms with van der Waals surface area (Å²) in [4.78, 5) is 10.8. The fourth-order valence-corrected chi connectivity index (χ4v) is 1.74. The zero-order valence-electron chi connectivity index (χ0n) is 10.4. The summed E-state index contributed by atoms with van der Waals surface area (Å²) < 4.78 is 10.4. The van der Waals surface area contributed by atoms with Gasteiger partial charge in [0.15, 0.2) is 0 Å². The van der Waals surface area contributed by atoms with Crippen LogP contribution in [0.3, 0.4) is 0 Å². The molecule has 1 rings (SSSR count). The lowest BCUT2D eigenvalue weighted by Gasteiger charge is -2.26. The second-order valence-corrected chi connectivity index (χ2v) is 4.25. The molecule has 0 heterocycles. The molecule has 1 aromatic carbocycles. The number of carboxylic acid groups (broad SMARTS) is 1. The van der Waals surface area contributed by atoms with Crippen molar-refractivity contribution in [1.82, 2.24) is 0 Å². The highest BCUT2D eigenvalue weighted by atomic mass is 16.5. The minimum atomic E-state index is -0.864. The Labute approximate surface area is 101 Å². The van der Waals surface area contributed by atoms with E-state index in [2.05, 4.69) is 0 Å². The molecule has 1 unspecified atom stereocenters. The van der Waals surface area contributed by atoms with Gasteiger partial charge in [-0.05, 0) is 24.6 Å². The minimum absolute atomic E-state index is 0.0271. The SMILES string of the molecule is COc1cccc(CC(C)(CC(=O)O)OC)c1. The highest BCUT2D eigenvalue weighted by Gasteiger charge is 2.27. The van der Waals surface area contributed by atoms with Crippen LogP contribution < -0.4 is 4.74 Å². The molecule has 17 heavy (non-hydrogen) atoms. The van der Waals surface area contributed by atoms with E-state index in [9.17, 15) is 4.79 Å². The average Bonchev–Trinajstić information content (AvgIpc) is 2.28. The molecular formula is C13H18O4. The second kappa shape index (κ2) is 5.68. The van der Waals surface area contributed by atoms with Crippen molar-refractivity contribution < 1.29 is 19.4 Å². The van der Waals surface area contributed by atoms with Crippen molar-refractivity contribution >= 4 is 5.97 Å². The molecule has 0 saturated carbocycles. The van der Waals surface area contributed by atoms with Crippen molar-refractivity contribution in [2.45, 2.75) is 25.4 Å². The van der Waals surface area contributed by atoms with E-state index in [1.165, 1.54) is 7.11 Å². The van der Waals surface area contributed by atoms with Crippen molar-refractivity contribution in [3.8, 4) is 5.75 Å². The summed E-state index contributed by atoms with van der Waals surface area (Å²) in [7, 11) is 3.13. The molecule has 0 aliphatic carbocycles. The van der Waals surface area contributed by atoms with E-state index in [1.54, 1.807) is 14.0 Å². The smallest absolute Gasteiger partial charge is 0.306 e. The van der Waals surface area contributed by atoms with Crippen LogP contribution in [0.5, 0.6) is 5.75 Å². The molecule has 0 aromatic heterocycles. The summed E-state index contributed by atoms with van der Waals surface area (Å²) >= 11 is 0. The van der Waals surface area contributed by atoms with Crippen LogP contribution in [0.2, 0.25) is 0 Å². The first kappa shape index (κ1) is 13.5. The molecule has 0 aliphatic rings. The van der Waals surface area contributed by atoms with Gasteiger partial charge in [0, 0.05) is 13.5 Å². The van der Waals surface area contributed by atoms with Crippen molar-refractivity contribution in [3.63, 3.8) is 0 Å². The Morgan fingerprint density at radius 1 is 1.41 bits per heavy atom. The standard InChI is InChI=1S/C13H18O4/c1-13(17-3,9-12(14)15)8-10-5-4-6-11(7-10)16-2/h4-7H,8-9H2,1-3H3,(H,14,15). The topological polar surface area (TPSA) is 55.8 Å². The highest BCUT2D eigenvalue weighted by Crippen LogP contribution is 2.23. The number of carboxylic acids is 1. The van der Waals surface area contributed by atoms with E-state index in [0.717, 1.165) is 11.3 Å². The van der Waals surface area contributed by atoms with Crippen LogP contribution in [0, 0.1) is 0 Å². The molecule has 1 aromatic rings. The number of hydrogen-bond donors (Lipinski definition) is 1. The van der Waals surface area contributed by atoms with Gasteiger partial charge in [-0.1, -0.05) is 12.1 Å². The summed E-state index contributed by atoms with van der Waals surface area (Å²) in [6, 6.07) is 7.55. The normalized spacial score (nSPS) is 14.1. The molecule has 1 N–H and O–H groups in total. The van der Waals surface area contributed by atoms with Crippen LogP contribution in [-0.2, 0) is 16.0 Å². The van der Waals surface area contributed by atoms with Gasteiger partial charge in [0.1, 0.15) is 5.75 Å². The van der Waals surface area contributed by atoms with Gasteiger partial charge in [-0.15, -0.1) is 0 Å². The van der Waals surface area contributed by atoms with Crippen LogP contribution >= 0.6 is 0 Å². The van der Waals surface area contributed by atoms with E-state index in [-0.39, 0.29) is 6.42 Å². The maximum Gasteiger partial charge on any atom is 0.306 e. The van der Waals surface area contributed by atoms with Gasteiger partial charge in [0.05, 0.1) is 19.1 Å². The Balaban J connectivity index is 2.82. The molecule has 1 atom stereocenters. The number of hydrogen-bond acceptors (Lipinski definition) is 3. The first-order chi connectivity index (χ1) is 7.99. The molecule has 94 valence electrons. The van der Waals surface area contributed by atoms with Crippen molar-refractivity contribution in [2.75, 3.05) is 14.2 Å². The summed E-state index contributed by atoms with van der Waals surface area (Å²) in [5.41, 5.74) is 0.299. The molecule has 0 fully saturated rings. The van der Waals surface area contributed by atoms with Crippen LogP contribution in [0.4, 0.5) is 0 Å². The third kappa shape index (κ3) is 4.07. The van der Waals surface area contributed by atoms with Crippen molar-refractivity contribution in [3.05, 3.63) is 29.8 Å². The largest absolute Gasteiger partial charge is 0.497 e. The van der Waals surface area contributed by atoms with Gasteiger partial charge in [0.25, 0.3) is 0 Å². The number of aliphatic carboxylic acids is 1. The van der Waals surface area contributed by atoms with Gasteiger partial charge in [-0.25, -0.2) is 0 Å². The van der Waals surface area contributed by atoms with Crippen LogP contribution in [0.1, 0.15) is 18.9 Å². The Hall–Kier alpha value is -1.55. The summed E-state index contributed by atoms with van der Waals surface area (Å²) in [6.45, 7) is 1.79. The molecule has 0 amide bonds. The molecule has 4 nitrogen and oxygen atoms in total. The lowest BCUT2D eigenvalue weighted by atomic mass is 9.93. The molecule has 0 aliphatic heterocycles. The number of methoxy groups -OCH3 is 2. The summed E-state index contributed by atoms with van der Waals surface area (Å²) in [5.74, 6) is -0.103. The maximum absolute atomic E-state index is 10.8. The number of rotatable bonds is 6. The Bertz CT molecular complexity index is 389. The number of benzene rings is 1. The highest BCUT2D eigenvalue weighted by molar-refractivity contribution is 5.68. The third-order valence-electron chi connectivity index (χ3n) is 2.73. The number of carbonyl (C=O) groups is 1. The monoisotopic (exact) mass is 238 g/mol. The van der Waals surface area contributed by atoms with Gasteiger partial charge >= 0.3 is 5.97 Å². The van der Waals surface area contributed by atoms with E-state index in [0.29, 0.717) is 6.42 Å². The van der Waals surface area contributed by atoms with E-state index < -0.39 is 11.6 Å². The fourth-order valence-electron chi connectivity index (χ4n) is 1.74. The van der Waals surface area contributed by atoms with Gasteiger partial charge < -0.3 is 14.6 Å². The predicted molar refractivity (Wildman–Crippen MR) is 64.4 cm³/mol. The minimum Gasteiger partial charge on any atom is -0.497 e. The van der Waals surface area contributed by atoms with Crippen molar-refractivity contribution in [1.29, 1.82) is 0 Å². The van der Waals surface area contributed by atoms with Gasteiger partial charge in [-0.3, -0.25) is 4.79 Å². The Morgan fingerprint density at radius 3 is 2.65 bits per heavy atom. The Kier molecular flexibility index (Phi) is 4.52. The predicted octanol–water partition coefficient (Wildman–Crippen LogP) is 2.12. The molecule has 4 heteroatoms. The van der Waals surface area contributed by atoms with Gasteiger partial charge in [0.2, 0.25) is 0 Å². The Morgan fingerprint density at radius 2 is 2.12 bits per heavy atom. The zero-order chi connectivity index (χ0) is 12.9.